The molecule has 8 nitrogen and oxygen atoms in total. The fourth-order valence-corrected chi connectivity index (χ4v) is 7.03. The molecule has 0 bridgehead atoms. The van der Waals surface area contributed by atoms with Gasteiger partial charge in [0.05, 0.1) is 17.7 Å². The van der Waals surface area contributed by atoms with E-state index in [1.54, 1.807) is 63.4 Å². The molecule has 1 aliphatic rings. The summed E-state index contributed by atoms with van der Waals surface area (Å²) in [6, 6.07) is 17.8. The molecule has 0 radical (unpaired) electrons. The molecule has 0 saturated heterocycles. The van der Waals surface area contributed by atoms with Crippen molar-refractivity contribution in [2.24, 2.45) is 0 Å². The summed E-state index contributed by atoms with van der Waals surface area (Å²) in [4.78, 5) is 29.2. The molecule has 43 heavy (non-hydrogen) atoms. The van der Waals surface area contributed by atoms with Gasteiger partial charge in [-0.25, -0.2) is 8.42 Å². The highest BCUT2D eigenvalue weighted by molar-refractivity contribution is 7.92. The van der Waals surface area contributed by atoms with Crippen LogP contribution in [-0.2, 0) is 26.2 Å². The van der Waals surface area contributed by atoms with E-state index in [4.69, 9.17) is 16.3 Å². The van der Waals surface area contributed by atoms with E-state index < -0.39 is 28.5 Å². The molecular formula is C33H40ClN3O5S. The maximum atomic E-state index is 14.2. The van der Waals surface area contributed by atoms with E-state index in [0.29, 0.717) is 22.0 Å². The minimum Gasteiger partial charge on any atom is -0.497 e. The number of halogens is 1. The predicted octanol–water partition coefficient (Wildman–Crippen LogP) is 6.03. The van der Waals surface area contributed by atoms with Crippen LogP contribution in [0, 0.1) is 13.8 Å². The van der Waals surface area contributed by atoms with Crippen molar-refractivity contribution in [1.29, 1.82) is 0 Å². The van der Waals surface area contributed by atoms with Gasteiger partial charge in [-0.05, 0) is 87.2 Å². The Balaban J connectivity index is 1.70. The number of hydrogen-bond acceptors (Lipinski definition) is 5. The predicted molar refractivity (Wildman–Crippen MR) is 170 cm³/mol. The van der Waals surface area contributed by atoms with Gasteiger partial charge in [0.2, 0.25) is 11.8 Å². The summed E-state index contributed by atoms with van der Waals surface area (Å²) >= 11 is 6.20. The molecule has 1 unspecified atom stereocenters. The van der Waals surface area contributed by atoms with Gasteiger partial charge in [-0.15, -0.1) is 0 Å². The van der Waals surface area contributed by atoms with Crippen LogP contribution in [0.3, 0.4) is 0 Å². The fourth-order valence-electron chi connectivity index (χ4n) is 5.33. The van der Waals surface area contributed by atoms with Crippen molar-refractivity contribution in [3.05, 3.63) is 88.4 Å². The van der Waals surface area contributed by atoms with Crippen molar-refractivity contribution < 1.29 is 22.7 Å². The standard InChI is InChI=1S/C33H40ClN3O5S/c1-23-10-17-30(18-11-23)43(40,41)37(31-19-14-27(34)20-24(31)2)22-32(38)36(21-26-12-15-29(42-4)16-13-26)25(3)33(39)35-28-8-6-5-7-9-28/h10-20,25,28H,5-9,21-22H2,1-4H3,(H,35,39). The number of ether oxygens (including phenoxy) is 1. The quantitative estimate of drug-likeness (QED) is 0.281. The van der Waals surface area contributed by atoms with Crippen molar-refractivity contribution in [2.45, 2.75) is 76.4 Å². The summed E-state index contributed by atoms with van der Waals surface area (Å²) in [6.07, 6.45) is 5.08. The minimum absolute atomic E-state index is 0.0602. The molecule has 1 atom stereocenters. The van der Waals surface area contributed by atoms with Crippen LogP contribution in [0.5, 0.6) is 5.75 Å². The first-order valence-electron chi connectivity index (χ1n) is 14.6. The van der Waals surface area contributed by atoms with Crippen LogP contribution in [0.15, 0.2) is 71.6 Å². The number of benzene rings is 3. The van der Waals surface area contributed by atoms with Crippen LogP contribution in [0.1, 0.15) is 55.7 Å². The van der Waals surface area contributed by atoms with Crippen LogP contribution in [0.2, 0.25) is 5.02 Å². The van der Waals surface area contributed by atoms with Gasteiger partial charge in [0.15, 0.2) is 0 Å². The van der Waals surface area contributed by atoms with Gasteiger partial charge >= 0.3 is 0 Å². The lowest BCUT2D eigenvalue weighted by atomic mass is 9.95. The van der Waals surface area contributed by atoms with Crippen LogP contribution in [0.25, 0.3) is 0 Å². The second-order valence-corrected chi connectivity index (χ2v) is 13.4. The van der Waals surface area contributed by atoms with Crippen molar-refractivity contribution in [3.8, 4) is 5.75 Å². The van der Waals surface area contributed by atoms with Gasteiger partial charge in [-0.2, -0.15) is 0 Å². The molecule has 230 valence electrons. The molecule has 0 aromatic heterocycles. The number of aryl methyl sites for hydroxylation is 2. The topological polar surface area (TPSA) is 96.0 Å². The van der Waals surface area contributed by atoms with Gasteiger partial charge in [0.1, 0.15) is 18.3 Å². The van der Waals surface area contributed by atoms with Crippen molar-refractivity contribution in [1.82, 2.24) is 10.2 Å². The second kappa shape index (κ2) is 14.3. The van der Waals surface area contributed by atoms with Crippen molar-refractivity contribution in [3.63, 3.8) is 0 Å². The maximum Gasteiger partial charge on any atom is 0.264 e. The Kier molecular flexibility index (Phi) is 10.7. The molecule has 0 spiro atoms. The van der Waals surface area contributed by atoms with E-state index in [2.05, 4.69) is 5.32 Å². The fraction of sp³-hybridized carbons (Fsp3) is 0.394. The molecule has 10 heteroatoms. The number of amides is 2. The van der Waals surface area contributed by atoms with Crippen molar-refractivity contribution in [2.75, 3.05) is 18.0 Å². The molecule has 2 amide bonds. The normalized spacial score (nSPS) is 14.5. The van der Waals surface area contributed by atoms with Gasteiger partial charge in [-0.1, -0.05) is 60.7 Å². The molecular weight excluding hydrogens is 586 g/mol. The summed E-state index contributed by atoms with van der Waals surface area (Å²) in [6.45, 7) is 4.92. The number of rotatable bonds is 11. The van der Waals surface area contributed by atoms with Gasteiger partial charge < -0.3 is 15.0 Å². The lowest BCUT2D eigenvalue weighted by Crippen LogP contribution is -2.53. The third-order valence-corrected chi connectivity index (χ3v) is 9.96. The first-order valence-corrected chi connectivity index (χ1v) is 16.4. The monoisotopic (exact) mass is 625 g/mol. The summed E-state index contributed by atoms with van der Waals surface area (Å²) in [5, 5.41) is 3.57. The highest BCUT2D eigenvalue weighted by Crippen LogP contribution is 2.30. The number of carbonyl (C=O) groups excluding carboxylic acids is 2. The molecule has 3 aromatic rings. The number of nitrogens with zero attached hydrogens (tertiary/aromatic N) is 2. The Bertz CT molecular complexity index is 1520. The van der Waals surface area contributed by atoms with Crippen LogP contribution in [-0.4, -0.2) is 50.9 Å². The number of hydrogen-bond donors (Lipinski definition) is 1. The van der Waals surface area contributed by atoms with Gasteiger partial charge in [0, 0.05) is 17.6 Å². The summed E-state index contributed by atoms with van der Waals surface area (Å²) in [5.41, 5.74) is 2.62. The molecule has 1 saturated carbocycles. The third-order valence-electron chi connectivity index (χ3n) is 7.95. The zero-order valence-corrected chi connectivity index (χ0v) is 26.7. The first kappa shape index (κ1) is 32.4. The van der Waals surface area contributed by atoms with E-state index in [1.165, 1.54) is 17.0 Å². The molecule has 1 aliphatic carbocycles. The molecule has 0 heterocycles. The zero-order valence-electron chi connectivity index (χ0n) is 25.2. The highest BCUT2D eigenvalue weighted by Gasteiger charge is 2.33. The van der Waals surface area contributed by atoms with E-state index in [9.17, 15) is 18.0 Å². The molecule has 1 N–H and O–H groups in total. The van der Waals surface area contributed by atoms with E-state index in [-0.39, 0.29) is 23.4 Å². The number of nitrogens with one attached hydrogen (secondary N) is 1. The van der Waals surface area contributed by atoms with E-state index in [1.807, 2.05) is 19.1 Å². The summed E-state index contributed by atoms with van der Waals surface area (Å²) < 4.78 is 34.5. The van der Waals surface area contributed by atoms with Crippen LogP contribution < -0.4 is 14.4 Å². The van der Waals surface area contributed by atoms with Crippen LogP contribution >= 0.6 is 11.6 Å². The Labute approximate surface area is 260 Å². The number of carbonyl (C=O) groups is 2. The average Bonchev–Trinajstić information content (AvgIpc) is 2.99. The maximum absolute atomic E-state index is 14.2. The summed E-state index contributed by atoms with van der Waals surface area (Å²) in [5.74, 6) is -0.102. The lowest BCUT2D eigenvalue weighted by molar-refractivity contribution is -0.139. The molecule has 1 fully saturated rings. The zero-order chi connectivity index (χ0) is 31.1. The molecule has 3 aromatic carbocycles. The van der Waals surface area contributed by atoms with Crippen LogP contribution in [0.4, 0.5) is 5.69 Å². The SMILES string of the molecule is COc1ccc(CN(C(=O)CN(c2ccc(Cl)cc2C)S(=O)(=O)c2ccc(C)cc2)C(C)C(=O)NC2CCCCC2)cc1. The van der Waals surface area contributed by atoms with E-state index in [0.717, 1.165) is 47.5 Å². The van der Waals surface area contributed by atoms with E-state index >= 15 is 0 Å². The van der Waals surface area contributed by atoms with Gasteiger partial charge in [0.25, 0.3) is 10.0 Å². The number of anilines is 1. The largest absolute Gasteiger partial charge is 0.497 e. The third kappa shape index (κ3) is 8.09. The highest BCUT2D eigenvalue weighted by atomic mass is 35.5. The molecule has 0 aliphatic heterocycles. The lowest BCUT2D eigenvalue weighted by Gasteiger charge is -2.33. The Morgan fingerprint density at radius 2 is 1.63 bits per heavy atom. The first-order chi connectivity index (χ1) is 20.5. The number of methoxy groups -OCH3 is 1. The van der Waals surface area contributed by atoms with Gasteiger partial charge in [-0.3, -0.25) is 13.9 Å². The number of sulfonamides is 1. The Morgan fingerprint density at radius 3 is 2.23 bits per heavy atom. The smallest absolute Gasteiger partial charge is 0.264 e. The second-order valence-electron chi connectivity index (χ2n) is 11.1. The molecule has 4 rings (SSSR count). The minimum atomic E-state index is -4.16. The average molecular weight is 626 g/mol. The summed E-state index contributed by atoms with van der Waals surface area (Å²) in [7, 11) is -2.59. The Morgan fingerprint density at radius 1 is 0.977 bits per heavy atom. The Hall–Kier alpha value is -3.56. The van der Waals surface area contributed by atoms with Crippen molar-refractivity contribution >= 4 is 39.1 Å².